The minimum atomic E-state index is -0.147. The fraction of sp³-hybridized carbons (Fsp3) is 0.368. The average Bonchev–Trinajstić information content (AvgIpc) is 2.87. The Balaban J connectivity index is 1.75. The molecule has 1 spiro atoms. The Morgan fingerprint density at radius 2 is 1.73 bits per heavy atom. The van der Waals surface area contributed by atoms with Crippen LogP contribution < -0.4 is 0 Å². The van der Waals surface area contributed by atoms with Gasteiger partial charge in [0, 0.05) is 13.1 Å². The molecule has 0 radical (unpaired) electrons. The molecule has 2 heterocycles. The third-order valence-corrected chi connectivity index (χ3v) is 5.07. The lowest BCUT2D eigenvalue weighted by Gasteiger charge is -2.38. The standard InChI is InChI=1S/C19H21NO2/c1-20-12-10-19(11-13-20)17-5-3-2-4-16(17)18(22-19)14-6-8-15(21)9-7-14/h2-9,18,21H,10-13H2,1H3/t18-/m1/s1. The van der Waals surface area contributed by atoms with Crippen molar-refractivity contribution >= 4 is 0 Å². The number of ether oxygens (including phenoxy) is 1. The summed E-state index contributed by atoms with van der Waals surface area (Å²) in [7, 11) is 2.17. The number of aromatic hydroxyl groups is 1. The van der Waals surface area contributed by atoms with E-state index in [1.807, 2.05) is 12.1 Å². The Morgan fingerprint density at radius 3 is 2.45 bits per heavy atom. The van der Waals surface area contributed by atoms with E-state index in [4.69, 9.17) is 4.74 Å². The molecule has 1 N–H and O–H groups in total. The number of piperidine rings is 1. The van der Waals surface area contributed by atoms with E-state index < -0.39 is 0 Å². The smallest absolute Gasteiger partial charge is 0.115 e. The number of rotatable bonds is 1. The first-order chi connectivity index (χ1) is 10.7. The number of hydrogen-bond acceptors (Lipinski definition) is 3. The molecule has 0 aliphatic carbocycles. The third kappa shape index (κ3) is 2.13. The zero-order valence-electron chi connectivity index (χ0n) is 12.8. The van der Waals surface area contributed by atoms with Crippen molar-refractivity contribution in [1.29, 1.82) is 0 Å². The summed E-state index contributed by atoms with van der Waals surface area (Å²) < 4.78 is 6.63. The Hall–Kier alpha value is -1.84. The van der Waals surface area contributed by atoms with E-state index in [0.717, 1.165) is 31.5 Å². The Morgan fingerprint density at radius 1 is 1.05 bits per heavy atom. The molecule has 4 rings (SSSR count). The van der Waals surface area contributed by atoms with Crippen molar-refractivity contribution in [3.05, 3.63) is 65.2 Å². The number of fused-ring (bicyclic) bond motifs is 2. The van der Waals surface area contributed by atoms with Crippen LogP contribution in [0.2, 0.25) is 0 Å². The third-order valence-electron chi connectivity index (χ3n) is 5.07. The number of phenols is 1. The van der Waals surface area contributed by atoms with Crippen molar-refractivity contribution < 1.29 is 9.84 Å². The summed E-state index contributed by atoms with van der Waals surface area (Å²) in [4.78, 5) is 2.37. The van der Waals surface area contributed by atoms with Crippen LogP contribution in [0.25, 0.3) is 0 Å². The molecule has 0 amide bonds. The maximum Gasteiger partial charge on any atom is 0.115 e. The van der Waals surface area contributed by atoms with Gasteiger partial charge in [-0.1, -0.05) is 36.4 Å². The van der Waals surface area contributed by atoms with E-state index in [9.17, 15) is 5.11 Å². The van der Waals surface area contributed by atoms with Gasteiger partial charge in [-0.25, -0.2) is 0 Å². The van der Waals surface area contributed by atoms with E-state index >= 15 is 0 Å². The average molecular weight is 295 g/mol. The van der Waals surface area contributed by atoms with Crippen molar-refractivity contribution in [2.75, 3.05) is 20.1 Å². The minimum Gasteiger partial charge on any atom is -0.508 e. The van der Waals surface area contributed by atoms with Crippen LogP contribution in [0.3, 0.4) is 0 Å². The van der Waals surface area contributed by atoms with Crippen LogP contribution >= 0.6 is 0 Å². The SMILES string of the molecule is CN1CCC2(CC1)O[C@H](c1ccc(O)cc1)c1ccccc12. The molecule has 114 valence electrons. The fourth-order valence-electron chi connectivity index (χ4n) is 3.76. The molecular weight excluding hydrogens is 274 g/mol. The zero-order valence-corrected chi connectivity index (χ0v) is 12.8. The lowest BCUT2D eigenvalue weighted by atomic mass is 9.83. The van der Waals surface area contributed by atoms with E-state index in [2.05, 4.69) is 36.2 Å². The van der Waals surface area contributed by atoms with Crippen LogP contribution in [0.5, 0.6) is 5.75 Å². The lowest BCUT2D eigenvalue weighted by Crippen LogP contribution is -2.40. The molecule has 3 heteroatoms. The second-order valence-electron chi connectivity index (χ2n) is 6.47. The molecule has 0 saturated carbocycles. The maximum absolute atomic E-state index is 9.52. The van der Waals surface area contributed by atoms with Gasteiger partial charge in [0.15, 0.2) is 0 Å². The molecule has 1 saturated heterocycles. The highest BCUT2D eigenvalue weighted by Gasteiger charge is 2.46. The summed E-state index contributed by atoms with van der Waals surface area (Å²) >= 11 is 0. The van der Waals surface area contributed by atoms with E-state index in [1.54, 1.807) is 12.1 Å². The molecular formula is C19H21NO2. The summed E-state index contributed by atoms with van der Waals surface area (Å²) in [6, 6.07) is 16.0. The van der Waals surface area contributed by atoms with Gasteiger partial charge in [-0.05, 0) is 48.7 Å². The molecule has 2 aliphatic rings. The van der Waals surface area contributed by atoms with Gasteiger partial charge < -0.3 is 14.7 Å². The van der Waals surface area contributed by atoms with Crippen LogP contribution in [-0.4, -0.2) is 30.1 Å². The van der Waals surface area contributed by atoms with E-state index in [1.165, 1.54) is 11.1 Å². The van der Waals surface area contributed by atoms with Crippen molar-refractivity contribution in [2.24, 2.45) is 0 Å². The largest absolute Gasteiger partial charge is 0.508 e. The highest BCUT2D eigenvalue weighted by molar-refractivity contribution is 5.44. The minimum absolute atomic E-state index is 0.0276. The number of phenolic OH excluding ortho intramolecular Hbond substituents is 1. The van der Waals surface area contributed by atoms with Crippen molar-refractivity contribution in [3.63, 3.8) is 0 Å². The van der Waals surface area contributed by atoms with Crippen LogP contribution in [0.15, 0.2) is 48.5 Å². The Labute approximate surface area is 131 Å². The van der Waals surface area contributed by atoms with Gasteiger partial charge >= 0.3 is 0 Å². The van der Waals surface area contributed by atoms with Gasteiger partial charge in [-0.3, -0.25) is 0 Å². The highest BCUT2D eigenvalue weighted by atomic mass is 16.5. The summed E-state index contributed by atoms with van der Waals surface area (Å²) in [5.74, 6) is 0.295. The van der Waals surface area contributed by atoms with Gasteiger partial charge in [0.2, 0.25) is 0 Å². The second kappa shape index (κ2) is 5.11. The molecule has 1 atom stereocenters. The molecule has 0 bridgehead atoms. The first-order valence-electron chi connectivity index (χ1n) is 7.93. The fourth-order valence-corrected chi connectivity index (χ4v) is 3.76. The second-order valence-corrected chi connectivity index (χ2v) is 6.47. The predicted molar refractivity (Wildman–Crippen MR) is 85.9 cm³/mol. The Bertz CT molecular complexity index is 672. The maximum atomic E-state index is 9.52. The van der Waals surface area contributed by atoms with Crippen LogP contribution in [-0.2, 0) is 10.3 Å². The first-order valence-corrected chi connectivity index (χ1v) is 7.93. The zero-order chi connectivity index (χ0) is 15.2. The summed E-state index contributed by atoms with van der Waals surface area (Å²) in [5.41, 5.74) is 3.59. The summed E-state index contributed by atoms with van der Waals surface area (Å²) in [6.07, 6.45) is 2.05. The van der Waals surface area contributed by atoms with Crippen LogP contribution in [0.4, 0.5) is 0 Å². The Kier molecular flexibility index (Phi) is 3.21. The monoisotopic (exact) mass is 295 g/mol. The van der Waals surface area contributed by atoms with Crippen molar-refractivity contribution in [2.45, 2.75) is 24.5 Å². The molecule has 2 aromatic carbocycles. The molecule has 2 aromatic rings. The topological polar surface area (TPSA) is 32.7 Å². The molecule has 2 aliphatic heterocycles. The predicted octanol–water partition coefficient (Wildman–Crippen LogP) is 3.43. The van der Waals surface area contributed by atoms with E-state index in [-0.39, 0.29) is 11.7 Å². The molecule has 3 nitrogen and oxygen atoms in total. The number of benzene rings is 2. The summed E-state index contributed by atoms with van der Waals surface area (Å²) in [6.45, 7) is 2.13. The molecule has 22 heavy (non-hydrogen) atoms. The number of hydrogen-bond donors (Lipinski definition) is 1. The van der Waals surface area contributed by atoms with Crippen LogP contribution in [0, 0.1) is 0 Å². The van der Waals surface area contributed by atoms with Gasteiger partial charge in [0.1, 0.15) is 11.9 Å². The highest BCUT2D eigenvalue weighted by Crippen LogP contribution is 2.51. The summed E-state index contributed by atoms with van der Waals surface area (Å²) in [5, 5.41) is 9.52. The number of likely N-dealkylation sites (tertiary alicyclic amines) is 1. The van der Waals surface area contributed by atoms with Gasteiger partial charge in [-0.15, -0.1) is 0 Å². The van der Waals surface area contributed by atoms with Crippen LogP contribution in [0.1, 0.15) is 35.6 Å². The van der Waals surface area contributed by atoms with E-state index in [0.29, 0.717) is 5.75 Å². The van der Waals surface area contributed by atoms with Crippen molar-refractivity contribution in [1.82, 2.24) is 4.90 Å². The molecule has 0 unspecified atom stereocenters. The normalized spacial score (nSPS) is 23.6. The van der Waals surface area contributed by atoms with Gasteiger partial charge in [0.05, 0.1) is 5.60 Å². The number of nitrogens with zero attached hydrogens (tertiary/aromatic N) is 1. The van der Waals surface area contributed by atoms with Crippen molar-refractivity contribution in [3.8, 4) is 5.75 Å². The van der Waals surface area contributed by atoms with Gasteiger partial charge in [0.25, 0.3) is 0 Å². The first kappa shape index (κ1) is 13.8. The quantitative estimate of drug-likeness (QED) is 0.875. The lowest BCUT2D eigenvalue weighted by molar-refractivity contribution is -0.0941. The van der Waals surface area contributed by atoms with Gasteiger partial charge in [-0.2, -0.15) is 0 Å². The molecule has 0 aromatic heterocycles. The molecule has 1 fully saturated rings.